The van der Waals surface area contributed by atoms with Crippen molar-refractivity contribution in [3.63, 3.8) is 0 Å². The van der Waals surface area contributed by atoms with Crippen LogP contribution < -0.4 is 11.1 Å². The van der Waals surface area contributed by atoms with Crippen molar-refractivity contribution in [3.05, 3.63) is 48.2 Å². The van der Waals surface area contributed by atoms with Gasteiger partial charge in [0.2, 0.25) is 0 Å². The lowest BCUT2D eigenvalue weighted by Gasteiger charge is -2.06. The molecule has 3 N–H and O–H groups in total. The van der Waals surface area contributed by atoms with Gasteiger partial charge in [-0.1, -0.05) is 0 Å². The third kappa shape index (κ3) is 2.76. The van der Waals surface area contributed by atoms with Crippen molar-refractivity contribution in [2.24, 2.45) is 0 Å². The van der Waals surface area contributed by atoms with E-state index in [1.54, 1.807) is 42.6 Å². The Morgan fingerprint density at radius 3 is 2.61 bits per heavy atom. The molecule has 0 aliphatic heterocycles. The number of nitrogens with zero attached hydrogens (tertiary/aromatic N) is 1. The van der Waals surface area contributed by atoms with Crippen molar-refractivity contribution < 1.29 is 9.53 Å². The minimum Gasteiger partial charge on any atom is -0.465 e. The molecule has 1 aromatic carbocycles. The number of pyridine rings is 1. The fourth-order valence-electron chi connectivity index (χ4n) is 1.47. The van der Waals surface area contributed by atoms with Crippen LogP contribution in [0.2, 0.25) is 0 Å². The maximum Gasteiger partial charge on any atom is 0.337 e. The van der Waals surface area contributed by atoms with Crippen LogP contribution in [0.15, 0.2) is 42.6 Å². The van der Waals surface area contributed by atoms with Crippen molar-refractivity contribution in [3.8, 4) is 0 Å². The van der Waals surface area contributed by atoms with Gasteiger partial charge < -0.3 is 15.8 Å². The molecule has 0 unspecified atom stereocenters. The summed E-state index contributed by atoms with van der Waals surface area (Å²) in [5.74, 6) is 0.296. The summed E-state index contributed by atoms with van der Waals surface area (Å²) in [6.45, 7) is 0. The first-order valence-electron chi connectivity index (χ1n) is 5.36. The van der Waals surface area contributed by atoms with Gasteiger partial charge in [-0.3, -0.25) is 0 Å². The van der Waals surface area contributed by atoms with E-state index < -0.39 is 0 Å². The Labute approximate surface area is 105 Å². The quantitative estimate of drug-likeness (QED) is 0.808. The molecule has 2 rings (SSSR count). The van der Waals surface area contributed by atoms with Crippen LogP contribution in [0.4, 0.5) is 17.2 Å². The van der Waals surface area contributed by atoms with Crippen molar-refractivity contribution in [2.75, 3.05) is 18.2 Å². The van der Waals surface area contributed by atoms with Gasteiger partial charge in [0.1, 0.15) is 5.82 Å². The Hall–Kier alpha value is -2.56. The minimum atomic E-state index is -0.358. The van der Waals surface area contributed by atoms with Crippen LogP contribution in [0.5, 0.6) is 0 Å². The Balaban J connectivity index is 2.13. The molecule has 0 aliphatic carbocycles. The van der Waals surface area contributed by atoms with Crippen LogP contribution >= 0.6 is 0 Å². The molecule has 92 valence electrons. The molecule has 1 aromatic heterocycles. The van der Waals surface area contributed by atoms with E-state index in [2.05, 4.69) is 15.0 Å². The van der Waals surface area contributed by atoms with Crippen LogP contribution in [0, 0.1) is 0 Å². The Morgan fingerprint density at radius 2 is 2.00 bits per heavy atom. The number of nitrogen functional groups attached to an aromatic ring is 1. The molecule has 0 saturated carbocycles. The summed E-state index contributed by atoms with van der Waals surface area (Å²) in [6, 6.07) is 10.4. The molecule has 0 saturated heterocycles. The van der Waals surface area contributed by atoms with E-state index in [1.807, 2.05) is 0 Å². The SMILES string of the molecule is COC(=O)c1ccc(Nc2cc(N)ccn2)cc1. The zero-order valence-corrected chi connectivity index (χ0v) is 9.88. The lowest BCUT2D eigenvalue weighted by atomic mass is 10.2. The van der Waals surface area contributed by atoms with Crippen LogP contribution in [0.1, 0.15) is 10.4 Å². The number of benzene rings is 1. The molecular weight excluding hydrogens is 230 g/mol. The Morgan fingerprint density at radius 1 is 1.28 bits per heavy atom. The van der Waals surface area contributed by atoms with Crippen LogP contribution in [-0.4, -0.2) is 18.1 Å². The van der Waals surface area contributed by atoms with Gasteiger partial charge in [-0.2, -0.15) is 0 Å². The molecule has 18 heavy (non-hydrogen) atoms. The second-order valence-corrected chi connectivity index (χ2v) is 3.67. The second kappa shape index (κ2) is 5.18. The highest BCUT2D eigenvalue weighted by atomic mass is 16.5. The number of rotatable bonds is 3. The number of aromatic nitrogens is 1. The van der Waals surface area contributed by atoms with E-state index in [4.69, 9.17) is 5.73 Å². The van der Waals surface area contributed by atoms with Gasteiger partial charge in [-0.05, 0) is 30.3 Å². The fourth-order valence-corrected chi connectivity index (χ4v) is 1.47. The third-order valence-electron chi connectivity index (χ3n) is 2.36. The highest BCUT2D eigenvalue weighted by Crippen LogP contribution is 2.17. The molecule has 0 amide bonds. The lowest BCUT2D eigenvalue weighted by molar-refractivity contribution is 0.0601. The maximum absolute atomic E-state index is 11.3. The predicted octanol–water partition coefficient (Wildman–Crippen LogP) is 2.19. The first kappa shape index (κ1) is 11.9. The Kier molecular flexibility index (Phi) is 3.43. The average molecular weight is 243 g/mol. The molecule has 0 aliphatic rings. The molecule has 5 heteroatoms. The number of nitrogens with one attached hydrogen (secondary N) is 1. The van der Waals surface area contributed by atoms with Gasteiger partial charge in [0.05, 0.1) is 12.7 Å². The monoisotopic (exact) mass is 243 g/mol. The first-order valence-corrected chi connectivity index (χ1v) is 5.36. The van der Waals surface area contributed by atoms with Crippen molar-refractivity contribution >= 4 is 23.2 Å². The van der Waals surface area contributed by atoms with Crippen molar-refractivity contribution in [1.82, 2.24) is 4.98 Å². The molecular formula is C13H13N3O2. The van der Waals surface area contributed by atoms with Crippen LogP contribution in [-0.2, 0) is 4.74 Å². The van der Waals surface area contributed by atoms with Crippen LogP contribution in [0.25, 0.3) is 0 Å². The topological polar surface area (TPSA) is 77.2 Å². The summed E-state index contributed by atoms with van der Waals surface area (Å²) in [4.78, 5) is 15.4. The lowest BCUT2D eigenvalue weighted by Crippen LogP contribution is -2.01. The number of hydrogen-bond acceptors (Lipinski definition) is 5. The van der Waals surface area contributed by atoms with Crippen LogP contribution in [0.3, 0.4) is 0 Å². The Bertz CT molecular complexity index is 552. The standard InChI is InChI=1S/C13H13N3O2/c1-18-13(17)9-2-4-11(5-3-9)16-12-8-10(14)6-7-15-12/h2-8H,1H3,(H3,14,15,16). The molecule has 1 heterocycles. The smallest absolute Gasteiger partial charge is 0.337 e. The predicted molar refractivity (Wildman–Crippen MR) is 69.7 cm³/mol. The molecule has 0 fully saturated rings. The highest BCUT2D eigenvalue weighted by Gasteiger charge is 2.04. The van der Waals surface area contributed by atoms with Gasteiger partial charge in [-0.25, -0.2) is 9.78 Å². The summed E-state index contributed by atoms with van der Waals surface area (Å²) in [5.41, 5.74) is 7.61. The number of hydrogen-bond donors (Lipinski definition) is 2. The first-order chi connectivity index (χ1) is 8.69. The van der Waals surface area contributed by atoms with E-state index in [-0.39, 0.29) is 5.97 Å². The number of esters is 1. The van der Waals surface area contributed by atoms with Crippen molar-refractivity contribution in [1.29, 1.82) is 0 Å². The molecule has 2 aromatic rings. The largest absolute Gasteiger partial charge is 0.465 e. The normalized spacial score (nSPS) is 9.83. The number of methoxy groups -OCH3 is 1. The van der Waals surface area contributed by atoms with Gasteiger partial charge in [0.25, 0.3) is 0 Å². The zero-order chi connectivity index (χ0) is 13.0. The summed E-state index contributed by atoms with van der Waals surface area (Å²) in [7, 11) is 1.35. The summed E-state index contributed by atoms with van der Waals surface area (Å²) in [6.07, 6.45) is 1.63. The molecule has 0 spiro atoms. The fraction of sp³-hybridized carbons (Fsp3) is 0.0769. The number of anilines is 3. The summed E-state index contributed by atoms with van der Waals surface area (Å²) < 4.78 is 4.62. The highest BCUT2D eigenvalue weighted by molar-refractivity contribution is 5.89. The van der Waals surface area contributed by atoms with Gasteiger partial charge in [-0.15, -0.1) is 0 Å². The van der Waals surface area contributed by atoms with E-state index in [0.29, 0.717) is 17.1 Å². The average Bonchev–Trinajstić information content (AvgIpc) is 2.39. The van der Waals surface area contributed by atoms with Gasteiger partial charge in [0.15, 0.2) is 0 Å². The molecule has 5 nitrogen and oxygen atoms in total. The minimum absolute atomic E-state index is 0.358. The second-order valence-electron chi connectivity index (χ2n) is 3.67. The molecule has 0 bridgehead atoms. The van der Waals surface area contributed by atoms with Crippen molar-refractivity contribution in [2.45, 2.75) is 0 Å². The van der Waals surface area contributed by atoms with Gasteiger partial charge >= 0.3 is 5.97 Å². The third-order valence-corrected chi connectivity index (χ3v) is 2.36. The van der Waals surface area contributed by atoms with E-state index in [0.717, 1.165) is 5.69 Å². The number of carbonyl (C=O) groups is 1. The van der Waals surface area contributed by atoms with E-state index in [1.165, 1.54) is 7.11 Å². The van der Waals surface area contributed by atoms with Gasteiger partial charge in [0, 0.05) is 23.6 Å². The van der Waals surface area contributed by atoms with E-state index in [9.17, 15) is 4.79 Å². The molecule has 0 atom stereocenters. The summed E-state index contributed by atoms with van der Waals surface area (Å²) >= 11 is 0. The maximum atomic E-state index is 11.3. The molecule has 0 radical (unpaired) electrons. The zero-order valence-electron chi connectivity index (χ0n) is 9.88. The van der Waals surface area contributed by atoms with E-state index >= 15 is 0 Å². The summed E-state index contributed by atoms with van der Waals surface area (Å²) in [5, 5.41) is 3.09. The number of carbonyl (C=O) groups excluding carboxylic acids is 1. The number of ether oxygens (including phenoxy) is 1. The number of nitrogens with two attached hydrogens (primary N) is 1.